The maximum atomic E-state index is 11.8. The van der Waals surface area contributed by atoms with E-state index in [1.54, 1.807) is 31.2 Å². The topological polar surface area (TPSA) is 81.7 Å². The fourth-order valence-electron chi connectivity index (χ4n) is 2.74. The van der Waals surface area contributed by atoms with E-state index in [0.717, 1.165) is 5.56 Å². The van der Waals surface area contributed by atoms with Crippen molar-refractivity contribution in [3.8, 4) is 5.75 Å². The fourth-order valence-corrected chi connectivity index (χ4v) is 2.74. The molecule has 160 valence electrons. The maximum Gasteiger partial charge on any atom is 0.344 e. The first-order valence-corrected chi connectivity index (χ1v) is 10.2. The average molecular weight is 411 g/mol. The second-order valence-electron chi connectivity index (χ2n) is 7.25. The van der Waals surface area contributed by atoms with Gasteiger partial charge in [0, 0.05) is 18.5 Å². The predicted molar refractivity (Wildman–Crippen MR) is 115 cm³/mol. The molecule has 2 rings (SSSR count). The standard InChI is InChI=1S/C24H29NO5/c1-4-22(26)20-9-11-21(12-10-20)29-16-24(28)30-15-23(27)25-14-13-18-5-7-19(8-6-18)17(2)3/h5-12,17H,4,13-16H2,1-3H3,(H,25,27). The van der Waals surface area contributed by atoms with Crippen LogP contribution in [0.3, 0.4) is 0 Å². The summed E-state index contributed by atoms with van der Waals surface area (Å²) >= 11 is 0. The summed E-state index contributed by atoms with van der Waals surface area (Å²) in [6.45, 7) is 5.90. The molecule has 0 spiro atoms. The van der Waals surface area contributed by atoms with Crippen LogP contribution in [0.15, 0.2) is 48.5 Å². The van der Waals surface area contributed by atoms with Crippen LogP contribution in [0.4, 0.5) is 0 Å². The molecule has 0 radical (unpaired) electrons. The molecule has 0 saturated heterocycles. The largest absolute Gasteiger partial charge is 0.482 e. The normalized spacial score (nSPS) is 10.5. The van der Waals surface area contributed by atoms with Crippen molar-refractivity contribution in [1.29, 1.82) is 0 Å². The monoisotopic (exact) mass is 411 g/mol. The molecule has 0 aliphatic rings. The third kappa shape index (κ3) is 7.70. The Morgan fingerprint density at radius 2 is 1.60 bits per heavy atom. The second-order valence-corrected chi connectivity index (χ2v) is 7.25. The third-order valence-corrected chi connectivity index (χ3v) is 4.60. The fraction of sp³-hybridized carbons (Fsp3) is 0.375. The number of benzene rings is 2. The minimum Gasteiger partial charge on any atom is -0.482 e. The van der Waals surface area contributed by atoms with Crippen molar-refractivity contribution >= 4 is 17.7 Å². The Hall–Kier alpha value is -3.15. The van der Waals surface area contributed by atoms with Gasteiger partial charge in [-0.2, -0.15) is 0 Å². The summed E-state index contributed by atoms with van der Waals surface area (Å²) in [5, 5.41) is 2.73. The molecule has 0 bridgehead atoms. The molecular formula is C24H29NO5. The van der Waals surface area contributed by atoms with Gasteiger partial charge in [0.05, 0.1) is 0 Å². The first-order valence-electron chi connectivity index (χ1n) is 10.2. The highest BCUT2D eigenvalue weighted by molar-refractivity contribution is 5.95. The zero-order chi connectivity index (χ0) is 21.9. The van der Waals surface area contributed by atoms with Gasteiger partial charge in [-0.1, -0.05) is 45.0 Å². The molecule has 0 saturated carbocycles. The Bertz CT molecular complexity index is 841. The highest BCUT2D eigenvalue weighted by Gasteiger charge is 2.09. The number of carbonyl (C=O) groups excluding carboxylic acids is 3. The van der Waals surface area contributed by atoms with Gasteiger partial charge in [0.2, 0.25) is 0 Å². The molecule has 0 heterocycles. The van der Waals surface area contributed by atoms with E-state index >= 15 is 0 Å². The van der Waals surface area contributed by atoms with Crippen molar-refractivity contribution in [2.45, 2.75) is 39.5 Å². The zero-order valence-corrected chi connectivity index (χ0v) is 17.8. The van der Waals surface area contributed by atoms with Crippen molar-refractivity contribution in [2.75, 3.05) is 19.8 Å². The summed E-state index contributed by atoms with van der Waals surface area (Å²) in [5.41, 5.74) is 3.01. The quantitative estimate of drug-likeness (QED) is 0.451. The highest BCUT2D eigenvalue weighted by Crippen LogP contribution is 2.15. The van der Waals surface area contributed by atoms with Crippen LogP contribution >= 0.6 is 0 Å². The minimum absolute atomic E-state index is 0.0412. The van der Waals surface area contributed by atoms with E-state index in [0.29, 0.717) is 36.6 Å². The van der Waals surface area contributed by atoms with Crippen molar-refractivity contribution in [3.63, 3.8) is 0 Å². The molecule has 1 N–H and O–H groups in total. The summed E-state index contributed by atoms with van der Waals surface area (Å²) in [6.07, 6.45) is 1.14. The van der Waals surface area contributed by atoms with E-state index in [4.69, 9.17) is 9.47 Å². The Balaban J connectivity index is 1.63. The predicted octanol–water partition coefficient (Wildman–Crippen LogP) is 3.68. The van der Waals surface area contributed by atoms with Crippen LogP contribution in [-0.4, -0.2) is 37.4 Å². The van der Waals surface area contributed by atoms with Crippen LogP contribution in [0.2, 0.25) is 0 Å². The number of carbonyl (C=O) groups is 3. The van der Waals surface area contributed by atoms with E-state index in [1.165, 1.54) is 5.56 Å². The zero-order valence-electron chi connectivity index (χ0n) is 17.8. The lowest BCUT2D eigenvalue weighted by Gasteiger charge is -2.09. The summed E-state index contributed by atoms with van der Waals surface area (Å²) in [6, 6.07) is 14.9. The van der Waals surface area contributed by atoms with Crippen LogP contribution in [0.25, 0.3) is 0 Å². The summed E-state index contributed by atoms with van der Waals surface area (Å²) in [4.78, 5) is 35.1. The molecule has 6 heteroatoms. The van der Waals surface area contributed by atoms with Crippen LogP contribution < -0.4 is 10.1 Å². The number of nitrogens with one attached hydrogen (secondary N) is 1. The van der Waals surface area contributed by atoms with Crippen LogP contribution in [0, 0.1) is 0 Å². The molecule has 0 aliphatic heterocycles. The van der Waals surface area contributed by atoms with E-state index in [9.17, 15) is 14.4 Å². The van der Waals surface area contributed by atoms with Crippen molar-refractivity contribution < 1.29 is 23.9 Å². The van der Waals surface area contributed by atoms with E-state index in [1.807, 2.05) is 0 Å². The van der Waals surface area contributed by atoms with Gasteiger partial charge in [-0.25, -0.2) is 4.79 Å². The summed E-state index contributed by atoms with van der Waals surface area (Å²) in [7, 11) is 0. The second kappa shape index (κ2) is 11.8. The summed E-state index contributed by atoms with van der Waals surface area (Å²) < 4.78 is 10.2. The molecule has 0 fully saturated rings. The average Bonchev–Trinajstić information content (AvgIpc) is 2.76. The van der Waals surface area contributed by atoms with Gasteiger partial charge in [0.25, 0.3) is 5.91 Å². The number of hydrogen-bond acceptors (Lipinski definition) is 5. The lowest BCUT2D eigenvalue weighted by Crippen LogP contribution is -2.31. The van der Waals surface area contributed by atoms with Gasteiger partial charge in [-0.3, -0.25) is 9.59 Å². The van der Waals surface area contributed by atoms with Crippen molar-refractivity contribution in [1.82, 2.24) is 5.32 Å². The number of ether oxygens (including phenoxy) is 2. The summed E-state index contributed by atoms with van der Waals surface area (Å²) in [5.74, 6) is -0.0122. The molecule has 0 unspecified atom stereocenters. The molecular weight excluding hydrogens is 382 g/mol. The van der Waals surface area contributed by atoms with Gasteiger partial charge >= 0.3 is 5.97 Å². The van der Waals surface area contributed by atoms with Crippen molar-refractivity contribution in [2.24, 2.45) is 0 Å². The van der Waals surface area contributed by atoms with Gasteiger partial charge in [-0.15, -0.1) is 0 Å². The molecule has 30 heavy (non-hydrogen) atoms. The number of amides is 1. The van der Waals surface area contributed by atoms with Gasteiger partial charge in [-0.05, 0) is 47.7 Å². The number of Topliss-reactive ketones (excluding diaryl/α,β-unsaturated/α-hetero) is 1. The lowest BCUT2D eigenvalue weighted by atomic mass is 10.0. The smallest absolute Gasteiger partial charge is 0.344 e. The Morgan fingerprint density at radius 3 is 2.20 bits per heavy atom. The SMILES string of the molecule is CCC(=O)c1ccc(OCC(=O)OCC(=O)NCCc2ccc(C(C)C)cc2)cc1. The van der Waals surface area contributed by atoms with Gasteiger partial charge < -0.3 is 14.8 Å². The highest BCUT2D eigenvalue weighted by atomic mass is 16.6. The Kier molecular flexibility index (Phi) is 9.06. The number of rotatable bonds is 11. The molecule has 0 aromatic heterocycles. The Morgan fingerprint density at radius 1 is 0.933 bits per heavy atom. The Labute approximate surface area is 177 Å². The molecule has 6 nitrogen and oxygen atoms in total. The maximum absolute atomic E-state index is 11.8. The third-order valence-electron chi connectivity index (χ3n) is 4.60. The van der Waals surface area contributed by atoms with Gasteiger partial charge in [0.1, 0.15) is 5.75 Å². The first kappa shape index (κ1) is 23.1. The first-order chi connectivity index (χ1) is 14.4. The van der Waals surface area contributed by atoms with E-state index in [2.05, 4.69) is 43.4 Å². The molecule has 0 aliphatic carbocycles. The number of hydrogen-bond donors (Lipinski definition) is 1. The molecule has 1 amide bonds. The van der Waals surface area contributed by atoms with Crippen LogP contribution in [-0.2, 0) is 20.7 Å². The molecule has 0 atom stereocenters. The minimum atomic E-state index is -0.636. The van der Waals surface area contributed by atoms with Crippen LogP contribution in [0.5, 0.6) is 5.75 Å². The molecule has 2 aromatic carbocycles. The van der Waals surface area contributed by atoms with Gasteiger partial charge in [0.15, 0.2) is 19.0 Å². The van der Waals surface area contributed by atoms with E-state index in [-0.39, 0.29) is 24.9 Å². The number of esters is 1. The van der Waals surface area contributed by atoms with E-state index < -0.39 is 5.97 Å². The molecule has 2 aromatic rings. The van der Waals surface area contributed by atoms with Crippen molar-refractivity contribution in [3.05, 3.63) is 65.2 Å². The lowest BCUT2D eigenvalue weighted by molar-refractivity contribution is -0.150. The number of ketones is 1. The van der Waals surface area contributed by atoms with Crippen LogP contribution in [0.1, 0.15) is 54.6 Å².